The highest BCUT2D eigenvalue weighted by Gasteiger charge is 2.12. The topological polar surface area (TPSA) is 26.3 Å². The first-order valence-electron chi connectivity index (χ1n) is 6.16. The summed E-state index contributed by atoms with van der Waals surface area (Å²) in [6, 6.07) is 10.6. The van der Waals surface area contributed by atoms with Crippen molar-refractivity contribution >= 4 is 28.2 Å². The molecule has 2 nitrogen and oxygen atoms in total. The SMILES string of the molecule is O=C(CCOCC(F)F)c1ccc(Cl)c2ccccc12. The highest BCUT2D eigenvalue weighted by molar-refractivity contribution is 6.36. The van der Waals surface area contributed by atoms with Gasteiger partial charge < -0.3 is 4.74 Å². The lowest BCUT2D eigenvalue weighted by Gasteiger charge is -2.08. The Balaban J connectivity index is 2.12. The Bertz CT molecular complexity index is 614. The smallest absolute Gasteiger partial charge is 0.261 e. The van der Waals surface area contributed by atoms with E-state index in [-0.39, 0.29) is 18.8 Å². The lowest BCUT2D eigenvalue weighted by molar-refractivity contribution is 0.0170. The Labute approximate surface area is 120 Å². The maximum Gasteiger partial charge on any atom is 0.261 e. The van der Waals surface area contributed by atoms with E-state index < -0.39 is 13.0 Å². The Morgan fingerprint density at radius 1 is 1.15 bits per heavy atom. The van der Waals surface area contributed by atoms with Gasteiger partial charge in [0.1, 0.15) is 6.61 Å². The molecule has 0 aliphatic carbocycles. The monoisotopic (exact) mass is 298 g/mol. The fourth-order valence-electron chi connectivity index (χ4n) is 1.98. The number of ketones is 1. The summed E-state index contributed by atoms with van der Waals surface area (Å²) in [6.45, 7) is -0.658. The van der Waals surface area contributed by atoms with E-state index in [2.05, 4.69) is 0 Å². The minimum atomic E-state index is -2.51. The molecule has 0 amide bonds. The standard InChI is InChI=1S/C15H13ClF2O2/c16-13-6-5-12(10-3-1-2-4-11(10)13)14(19)7-8-20-9-15(17)18/h1-6,15H,7-9H2. The molecule has 106 valence electrons. The van der Waals surface area contributed by atoms with Gasteiger partial charge in [-0.2, -0.15) is 0 Å². The molecule has 0 heterocycles. The zero-order chi connectivity index (χ0) is 14.5. The molecule has 0 fully saturated rings. The van der Waals surface area contributed by atoms with E-state index >= 15 is 0 Å². The summed E-state index contributed by atoms with van der Waals surface area (Å²) in [6.07, 6.45) is -2.44. The third-order valence-corrected chi connectivity index (χ3v) is 3.22. The second kappa shape index (κ2) is 6.77. The number of ether oxygens (including phenoxy) is 1. The number of hydrogen-bond donors (Lipinski definition) is 0. The van der Waals surface area contributed by atoms with Crippen LogP contribution < -0.4 is 0 Å². The molecule has 0 radical (unpaired) electrons. The van der Waals surface area contributed by atoms with Crippen molar-refractivity contribution in [3.63, 3.8) is 0 Å². The Morgan fingerprint density at radius 3 is 2.55 bits per heavy atom. The molecule has 0 spiro atoms. The molecule has 0 saturated heterocycles. The van der Waals surface area contributed by atoms with Crippen LogP contribution in [0.3, 0.4) is 0 Å². The van der Waals surface area contributed by atoms with Crippen LogP contribution in [0.4, 0.5) is 8.78 Å². The van der Waals surface area contributed by atoms with Crippen LogP contribution in [0.1, 0.15) is 16.8 Å². The summed E-state index contributed by atoms with van der Waals surface area (Å²) in [7, 11) is 0. The minimum absolute atomic E-state index is 0.0138. The van der Waals surface area contributed by atoms with Crippen LogP contribution >= 0.6 is 11.6 Å². The van der Waals surface area contributed by atoms with E-state index in [9.17, 15) is 13.6 Å². The van der Waals surface area contributed by atoms with Crippen molar-refractivity contribution in [2.75, 3.05) is 13.2 Å². The van der Waals surface area contributed by atoms with Crippen LogP contribution in [0.25, 0.3) is 10.8 Å². The first kappa shape index (κ1) is 14.9. The van der Waals surface area contributed by atoms with Crippen molar-refractivity contribution in [1.29, 1.82) is 0 Å². The van der Waals surface area contributed by atoms with E-state index in [0.717, 1.165) is 10.8 Å². The summed E-state index contributed by atoms with van der Waals surface area (Å²) in [5.74, 6) is -0.146. The summed E-state index contributed by atoms with van der Waals surface area (Å²) >= 11 is 6.08. The Morgan fingerprint density at radius 2 is 1.85 bits per heavy atom. The fourth-order valence-corrected chi connectivity index (χ4v) is 2.21. The van der Waals surface area contributed by atoms with Crippen molar-refractivity contribution in [1.82, 2.24) is 0 Å². The third-order valence-electron chi connectivity index (χ3n) is 2.89. The predicted octanol–water partition coefficient (Wildman–Crippen LogP) is 4.35. The molecule has 0 bridgehead atoms. The van der Waals surface area contributed by atoms with E-state index in [1.54, 1.807) is 12.1 Å². The highest BCUT2D eigenvalue weighted by Crippen LogP contribution is 2.27. The van der Waals surface area contributed by atoms with Gasteiger partial charge in [0.25, 0.3) is 6.43 Å². The number of hydrogen-bond acceptors (Lipinski definition) is 2. The van der Waals surface area contributed by atoms with Crippen LogP contribution in [-0.2, 0) is 4.74 Å². The maximum absolute atomic E-state index is 12.1. The molecule has 0 aliphatic rings. The normalized spacial score (nSPS) is 11.2. The van der Waals surface area contributed by atoms with Gasteiger partial charge in [0.15, 0.2) is 5.78 Å². The first-order valence-corrected chi connectivity index (χ1v) is 6.53. The number of Topliss-reactive ketones (excluding diaryl/α,β-unsaturated/α-hetero) is 1. The van der Waals surface area contributed by atoms with Crippen LogP contribution in [0.2, 0.25) is 5.02 Å². The second-order valence-corrected chi connectivity index (χ2v) is 4.69. The molecular formula is C15H13ClF2O2. The highest BCUT2D eigenvalue weighted by atomic mass is 35.5. The number of carbonyl (C=O) groups is 1. The summed E-state index contributed by atoms with van der Waals surface area (Å²) in [5.41, 5.74) is 0.533. The van der Waals surface area contributed by atoms with Crippen molar-refractivity contribution in [2.24, 2.45) is 0 Å². The maximum atomic E-state index is 12.1. The minimum Gasteiger partial charge on any atom is -0.375 e. The lowest BCUT2D eigenvalue weighted by atomic mass is 10.00. The van der Waals surface area contributed by atoms with Crippen LogP contribution in [0.5, 0.6) is 0 Å². The van der Waals surface area contributed by atoms with Gasteiger partial charge in [-0.1, -0.05) is 35.9 Å². The van der Waals surface area contributed by atoms with E-state index in [0.29, 0.717) is 10.6 Å². The molecule has 0 saturated carbocycles. The molecule has 0 aromatic heterocycles. The number of alkyl halides is 2. The zero-order valence-corrected chi connectivity index (χ0v) is 11.4. The number of fused-ring (bicyclic) bond motifs is 1. The summed E-state index contributed by atoms with van der Waals surface area (Å²) in [4.78, 5) is 12.1. The van der Waals surface area contributed by atoms with Gasteiger partial charge in [-0.15, -0.1) is 0 Å². The molecule has 20 heavy (non-hydrogen) atoms. The first-order chi connectivity index (χ1) is 9.59. The molecule has 2 aromatic carbocycles. The van der Waals surface area contributed by atoms with Crippen molar-refractivity contribution in [3.05, 3.63) is 47.0 Å². The van der Waals surface area contributed by atoms with Gasteiger partial charge >= 0.3 is 0 Å². The average molecular weight is 299 g/mol. The molecule has 0 atom stereocenters. The fraction of sp³-hybridized carbons (Fsp3) is 0.267. The third kappa shape index (κ3) is 3.52. The van der Waals surface area contributed by atoms with Crippen LogP contribution in [-0.4, -0.2) is 25.4 Å². The van der Waals surface area contributed by atoms with Gasteiger partial charge in [0, 0.05) is 22.4 Å². The number of benzene rings is 2. The van der Waals surface area contributed by atoms with Crippen LogP contribution in [0, 0.1) is 0 Å². The van der Waals surface area contributed by atoms with E-state index in [4.69, 9.17) is 16.3 Å². The number of carbonyl (C=O) groups excluding carboxylic acids is 1. The van der Waals surface area contributed by atoms with Gasteiger partial charge in [0.05, 0.1) is 6.61 Å². The number of rotatable bonds is 6. The summed E-state index contributed by atoms with van der Waals surface area (Å²) < 4.78 is 28.5. The van der Waals surface area contributed by atoms with Gasteiger partial charge in [0.2, 0.25) is 0 Å². The molecule has 2 rings (SSSR count). The van der Waals surface area contributed by atoms with Crippen LogP contribution in [0.15, 0.2) is 36.4 Å². The van der Waals surface area contributed by atoms with Gasteiger partial charge in [-0.3, -0.25) is 4.79 Å². The second-order valence-electron chi connectivity index (χ2n) is 4.28. The Kier molecular flexibility index (Phi) is 5.04. The predicted molar refractivity (Wildman–Crippen MR) is 74.7 cm³/mol. The zero-order valence-electron chi connectivity index (χ0n) is 10.6. The molecule has 0 aliphatic heterocycles. The van der Waals surface area contributed by atoms with Gasteiger partial charge in [-0.25, -0.2) is 8.78 Å². The van der Waals surface area contributed by atoms with Gasteiger partial charge in [-0.05, 0) is 17.5 Å². The number of halogens is 3. The lowest BCUT2D eigenvalue weighted by Crippen LogP contribution is -2.09. The van der Waals surface area contributed by atoms with Crippen molar-refractivity contribution in [2.45, 2.75) is 12.8 Å². The molecule has 0 N–H and O–H groups in total. The van der Waals surface area contributed by atoms with E-state index in [1.165, 1.54) is 0 Å². The molecule has 0 unspecified atom stereocenters. The molecule has 2 aromatic rings. The largest absolute Gasteiger partial charge is 0.375 e. The van der Waals surface area contributed by atoms with Crippen molar-refractivity contribution in [3.8, 4) is 0 Å². The Hall–Kier alpha value is -1.52. The molecular weight excluding hydrogens is 286 g/mol. The summed E-state index contributed by atoms with van der Waals surface area (Å²) in [5, 5.41) is 2.14. The average Bonchev–Trinajstić information content (AvgIpc) is 2.44. The quantitative estimate of drug-likeness (QED) is 0.585. The molecule has 5 heteroatoms. The van der Waals surface area contributed by atoms with Crippen molar-refractivity contribution < 1.29 is 18.3 Å². The van der Waals surface area contributed by atoms with E-state index in [1.807, 2.05) is 24.3 Å².